The Balaban J connectivity index is 1.48. The van der Waals surface area contributed by atoms with Crippen molar-refractivity contribution in [2.45, 2.75) is 18.9 Å². The van der Waals surface area contributed by atoms with E-state index in [4.69, 9.17) is 9.97 Å². The third kappa shape index (κ3) is 3.46. The van der Waals surface area contributed by atoms with Crippen molar-refractivity contribution in [2.75, 3.05) is 50.5 Å². The lowest BCUT2D eigenvalue weighted by molar-refractivity contribution is 0.0952. The summed E-state index contributed by atoms with van der Waals surface area (Å²) in [6.07, 6.45) is 7.60. The van der Waals surface area contributed by atoms with Crippen LogP contribution in [0.2, 0.25) is 0 Å². The second kappa shape index (κ2) is 7.73. The average Bonchev–Trinajstić information content (AvgIpc) is 3.41. The lowest BCUT2D eigenvalue weighted by Crippen LogP contribution is -2.44. The van der Waals surface area contributed by atoms with E-state index in [-0.39, 0.29) is 11.9 Å². The van der Waals surface area contributed by atoms with Gasteiger partial charge in [-0.05, 0) is 32.0 Å². The fraction of sp³-hybridized carbons (Fsp3) is 0.391. The topological polar surface area (TPSA) is 95.6 Å². The van der Waals surface area contributed by atoms with E-state index in [1.807, 2.05) is 25.4 Å². The van der Waals surface area contributed by atoms with Gasteiger partial charge in [-0.3, -0.25) is 14.3 Å². The summed E-state index contributed by atoms with van der Waals surface area (Å²) in [5, 5.41) is 10.7. The quantitative estimate of drug-likeness (QED) is 0.483. The van der Waals surface area contributed by atoms with Gasteiger partial charge in [0.1, 0.15) is 22.7 Å². The highest BCUT2D eigenvalue weighted by Crippen LogP contribution is 2.31. The van der Waals surface area contributed by atoms with E-state index >= 15 is 0 Å². The van der Waals surface area contributed by atoms with Crippen LogP contribution in [0, 0.1) is 0 Å². The first-order valence-electron chi connectivity index (χ1n) is 11.4. The molecule has 5 heterocycles. The predicted molar refractivity (Wildman–Crippen MR) is 127 cm³/mol. The van der Waals surface area contributed by atoms with Gasteiger partial charge in [0.25, 0.3) is 5.91 Å². The minimum absolute atomic E-state index is 0.128. The molecule has 4 aromatic heterocycles. The highest BCUT2D eigenvalue weighted by molar-refractivity contribution is 6.00. The van der Waals surface area contributed by atoms with Crippen molar-refractivity contribution in [3.05, 3.63) is 42.4 Å². The van der Waals surface area contributed by atoms with Crippen LogP contribution in [0.5, 0.6) is 0 Å². The molecule has 0 radical (unpaired) electrons. The summed E-state index contributed by atoms with van der Waals surface area (Å²) in [6.45, 7) is 3.94. The number of likely N-dealkylation sites (N-methyl/N-ethyl adjacent to an activating group) is 1. The Morgan fingerprint density at radius 1 is 1.18 bits per heavy atom. The number of hydrogen-bond acceptors (Lipinski definition) is 7. The molecule has 2 fully saturated rings. The van der Waals surface area contributed by atoms with Crippen LogP contribution in [0.3, 0.4) is 0 Å². The highest BCUT2D eigenvalue weighted by Gasteiger charge is 2.27. The van der Waals surface area contributed by atoms with E-state index in [1.54, 1.807) is 10.7 Å². The van der Waals surface area contributed by atoms with Crippen LogP contribution < -0.4 is 15.5 Å². The second-order valence-electron chi connectivity index (χ2n) is 8.84. The molecule has 1 aliphatic heterocycles. The third-order valence-corrected chi connectivity index (χ3v) is 6.50. The summed E-state index contributed by atoms with van der Waals surface area (Å²) in [5.41, 5.74) is 4.05. The molecule has 2 aliphatic rings. The van der Waals surface area contributed by atoms with Gasteiger partial charge in [-0.1, -0.05) is 0 Å². The van der Waals surface area contributed by atoms with Crippen LogP contribution in [0.25, 0.3) is 22.5 Å². The summed E-state index contributed by atoms with van der Waals surface area (Å²) in [7, 11) is 4.00. The Morgan fingerprint density at radius 3 is 2.76 bits per heavy atom. The lowest BCUT2D eigenvalue weighted by Gasteiger charge is -2.33. The smallest absolute Gasteiger partial charge is 0.256 e. The molecule has 1 saturated heterocycles. The zero-order valence-electron chi connectivity index (χ0n) is 18.8. The van der Waals surface area contributed by atoms with Gasteiger partial charge in [0.15, 0.2) is 5.65 Å². The maximum Gasteiger partial charge on any atom is 0.256 e. The number of nitrogens with one attached hydrogen (secondary N) is 2. The number of fused-ring (bicyclic) bond motifs is 2. The molecular formula is C23H27N9O. The normalized spacial score (nSPS) is 17.1. The molecular weight excluding hydrogens is 418 g/mol. The Hall–Kier alpha value is -3.66. The lowest BCUT2D eigenvalue weighted by atomic mass is 10.3. The SMILES string of the molecule is CNc1cc(-n2cc(N3CCN(C)CC3)c3ncccc32)nc2c(C(=O)NC3CC3)cnn12. The number of hydrogen-bond donors (Lipinski definition) is 2. The number of aromatic nitrogens is 5. The van der Waals surface area contributed by atoms with Gasteiger partial charge in [0.2, 0.25) is 0 Å². The summed E-state index contributed by atoms with van der Waals surface area (Å²) >= 11 is 0. The number of amides is 1. The fourth-order valence-corrected chi connectivity index (χ4v) is 4.41. The van der Waals surface area contributed by atoms with Crippen molar-refractivity contribution in [1.82, 2.24) is 34.4 Å². The Labute approximate surface area is 191 Å². The minimum Gasteiger partial charge on any atom is -0.373 e. The minimum atomic E-state index is -0.128. The van der Waals surface area contributed by atoms with Crippen LogP contribution in [-0.2, 0) is 0 Å². The zero-order valence-corrected chi connectivity index (χ0v) is 18.8. The number of carbonyl (C=O) groups excluding carboxylic acids is 1. The predicted octanol–water partition coefficient (Wildman–Crippen LogP) is 1.75. The largest absolute Gasteiger partial charge is 0.373 e. The number of rotatable bonds is 5. The van der Waals surface area contributed by atoms with Crippen molar-refractivity contribution in [1.29, 1.82) is 0 Å². The van der Waals surface area contributed by atoms with Crippen molar-refractivity contribution < 1.29 is 4.79 Å². The van der Waals surface area contributed by atoms with Crippen LogP contribution in [0.15, 0.2) is 36.8 Å². The molecule has 0 atom stereocenters. The van der Waals surface area contributed by atoms with E-state index in [1.165, 1.54) is 0 Å². The summed E-state index contributed by atoms with van der Waals surface area (Å²) in [6, 6.07) is 6.22. The van der Waals surface area contributed by atoms with Gasteiger partial charge >= 0.3 is 0 Å². The van der Waals surface area contributed by atoms with Crippen LogP contribution in [0.1, 0.15) is 23.2 Å². The maximum atomic E-state index is 12.8. The van der Waals surface area contributed by atoms with Crippen LogP contribution in [0.4, 0.5) is 11.5 Å². The van der Waals surface area contributed by atoms with E-state index in [0.717, 1.165) is 61.6 Å². The van der Waals surface area contributed by atoms with E-state index in [0.29, 0.717) is 17.0 Å². The average molecular weight is 446 g/mol. The molecule has 33 heavy (non-hydrogen) atoms. The van der Waals surface area contributed by atoms with E-state index < -0.39 is 0 Å². The fourth-order valence-electron chi connectivity index (χ4n) is 4.41. The standard InChI is InChI=1S/C23H27N9O/c1-24-19-12-20(28-22-16(13-26-32(19)22)23(33)27-15-5-6-15)31-14-18(21-17(31)4-3-7-25-21)30-10-8-29(2)9-11-30/h3-4,7,12-15,24H,5-6,8-11H2,1-2H3,(H,27,33). The van der Waals surface area contributed by atoms with Crippen LogP contribution in [-0.4, -0.2) is 81.3 Å². The van der Waals surface area contributed by atoms with Gasteiger partial charge in [0, 0.05) is 57.7 Å². The first-order chi connectivity index (χ1) is 16.1. The molecule has 2 N–H and O–H groups in total. The van der Waals surface area contributed by atoms with Gasteiger partial charge < -0.3 is 20.4 Å². The van der Waals surface area contributed by atoms with Crippen molar-refractivity contribution in [3.8, 4) is 5.82 Å². The van der Waals surface area contributed by atoms with Crippen molar-refractivity contribution in [3.63, 3.8) is 0 Å². The molecule has 6 rings (SSSR count). The number of carbonyl (C=O) groups is 1. The molecule has 1 amide bonds. The van der Waals surface area contributed by atoms with E-state index in [9.17, 15) is 4.79 Å². The number of anilines is 2. The first kappa shape index (κ1) is 20.0. The van der Waals surface area contributed by atoms with E-state index in [2.05, 4.69) is 49.4 Å². The van der Waals surface area contributed by atoms with Crippen molar-refractivity contribution >= 4 is 34.1 Å². The Kier molecular flexibility index (Phi) is 4.68. The van der Waals surface area contributed by atoms with Gasteiger partial charge in [-0.15, -0.1) is 0 Å². The summed E-state index contributed by atoms with van der Waals surface area (Å²) < 4.78 is 3.74. The monoisotopic (exact) mass is 445 g/mol. The molecule has 0 unspecified atom stereocenters. The maximum absolute atomic E-state index is 12.8. The highest BCUT2D eigenvalue weighted by atomic mass is 16.1. The molecule has 1 saturated carbocycles. The molecule has 0 aromatic carbocycles. The van der Waals surface area contributed by atoms with Gasteiger partial charge in [-0.2, -0.15) is 9.61 Å². The molecule has 0 spiro atoms. The summed E-state index contributed by atoms with van der Waals surface area (Å²) in [4.78, 5) is 27.1. The van der Waals surface area contributed by atoms with Gasteiger partial charge in [-0.25, -0.2) is 4.98 Å². The molecule has 10 heteroatoms. The molecule has 170 valence electrons. The molecule has 10 nitrogen and oxygen atoms in total. The Morgan fingerprint density at radius 2 is 2.00 bits per heavy atom. The molecule has 1 aliphatic carbocycles. The number of piperazine rings is 1. The van der Waals surface area contributed by atoms with Gasteiger partial charge in [0.05, 0.1) is 17.4 Å². The first-order valence-corrected chi connectivity index (χ1v) is 11.4. The zero-order chi connectivity index (χ0) is 22.5. The molecule has 0 bridgehead atoms. The van der Waals surface area contributed by atoms with Crippen LogP contribution >= 0.6 is 0 Å². The number of pyridine rings is 1. The molecule has 4 aromatic rings. The third-order valence-electron chi connectivity index (χ3n) is 6.50. The van der Waals surface area contributed by atoms with Crippen molar-refractivity contribution in [2.24, 2.45) is 0 Å². The second-order valence-corrected chi connectivity index (χ2v) is 8.84. The number of nitrogens with zero attached hydrogens (tertiary/aromatic N) is 7. The Bertz CT molecular complexity index is 1340. The summed E-state index contributed by atoms with van der Waals surface area (Å²) in [5.74, 6) is 1.34.